The number of thioether (sulfide) groups is 1. The molecule has 27 heavy (non-hydrogen) atoms. The van der Waals surface area contributed by atoms with E-state index in [2.05, 4.69) is 15.2 Å². The van der Waals surface area contributed by atoms with Crippen molar-refractivity contribution in [1.82, 2.24) is 20.1 Å². The summed E-state index contributed by atoms with van der Waals surface area (Å²) in [6.07, 6.45) is 5.91. The van der Waals surface area contributed by atoms with Crippen LogP contribution in [0, 0.1) is 0 Å². The molecule has 0 spiro atoms. The predicted octanol–water partition coefficient (Wildman–Crippen LogP) is 4.31. The van der Waals surface area contributed by atoms with E-state index < -0.39 is 0 Å². The summed E-state index contributed by atoms with van der Waals surface area (Å²) in [7, 11) is 1.92. The van der Waals surface area contributed by atoms with E-state index in [-0.39, 0.29) is 17.8 Å². The van der Waals surface area contributed by atoms with Gasteiger partial charge in [0.05, 0.1) is 5.25 Å². The molecule has 146 valence electrons. The van der Waals surface area contributed by atoms with E-state index in [1.54, 1.807) is 24.3 Å². The van der Waals surface area contributed by atoms with Crippen LogP contribution in [-0.2, 0) is 11.4 Å². The molecule has 1 aliphatic rings. The number of amides is 1. The van der Waals surface area contributed by atoms with Gasteiger partial charge < -0.3 is 9.64 Å². The first-order valence-electron chi connectivity index (χ1n) is 9.26. The summed E-state index contributed by atoms with van der Waals surface area (Å²) in [6.45, 7) is 2.19. The summed E-state index contributed by atoms with van der Waals surface area (Å²) in [6, 6.07) is 7.51. The van der Waals surface area contributed by atoms with E-state index in [0.29, 0.717) is 27.8 Å². The highest BCUT2D eigenvalue weighted by Gasteiger charge is 2.26. The fourth-order valence-electron chi connectivity index (χ4n) is 3.22. The molecule has 1 amide bonds. The van der Waals surface area contributed by atoms with E-state index in [1.165, 1.54) is 31.0 Å². The van der Waals surface area contributed by atoms with Gasteiger partial charge in [0.1, 0.15) is 12.4 Å². The van der Waals surface area contributed by atoms with Crippen LogP contribution < -0.4 is 4.74 Å². The van der Waals surface area contributed by atoms with Crippen LogP contribution in [0.5, 0.6) is 5.75 Å². The molecular weight excluding hydrogens is 384 g/mol. The zero-order valence-electron chi connectivity index (χ0n) is 15.7. The second-order valence-electron chi connectivity index (χ2n) is 6.81. The minimum absolute atomic E-state index is 0.135. The Balaban J connectivity index is 1.50. The molecule has 0 saturated heterocycles. The number of rotatable bonds is 7. The molecular formula is C19H25ClN4O2S. The van der Waals surface area contributed by atoms with Crippen molar-refractivity contribution in [2.45, 2.75) is 62.1 Å². The number of halogens is 1. The first-order valence-corrected chi connectivity index (χ1v) is 10.5. The maximum Gasteiger partial charge on any atom is 0.235 e. The topological polar surface area (TPSA) is 71.1 Å². The van der Waals surface area contributed by atoms with Crippen molar-refractivity contribution in [3.8, 4) is 5.75 Å². The van der Waals surface area contributed by atoms with Crippen molar-refractivity contribution in [3.05, 3.63) is 35.1 Å². The Hall–Kier alpha value is -1.73. The summed E-state index contributed by atoms with van der Waals surface area (Å²) in [4.78, 5) is 19.0. The third-order valence-corrected chi connectivity index (χ3v) is 6.00. The van der Waals surface area contributed by atoms with Crippen LogP contribution in [0.4, 0.5) is 0 Å². The number of nitrogens with zero attached hydrogens (tertiary/aromatic N) is 3. The van der Waals surface area contributed by atoms with Crippen molar-refractivity contribution in [3.63, 3.8) is 0 Å². The fourth-order valence-corrected chi connectivity index (χ4v) is 4.19. The maximum atomic E-state index is 12.7. The van der Waals surface area contributed by atoms with Crippen LogP contribution in [0.25, 0.3) is 0 Å². The lowest BCUT2D eigenvalue weighted by atomic mass is 9.94. The SMILES string of the molecule is CC(Sc1n[nH]c(COc2ccc(Cl)cc2)n1)C(=O)N(C)C1CCCCC1. The van der Waals surface area contributed by atoms with E-state index in [9.17, 15) is 4.79 Å². The van der Waals surface area contributed by atoms with Crippen molar-refractivity contribution >= 4 is 29.3 Å². The summed E-state index contributed by atoms with van der Waals surface area (Å²) >= 11 is 7.23. The highest BCUT2D eigenvalue weighted by Crippen LogP contribution is 2.26. The Morgan fingerprint density at radius 2 is 2.04 bits per heavy atom. The third-order valence-electron chi connectivity index (χ3n) is 4.80. The van der Waals surface area contributed by atoms with Gasteiger partial charge in [0, 0.05) is 18.1 Å². The molecule has 2 aromatic rings. The Bertz CT molecular complexity index is 746. The zero-order valence-corrected chi connectivity index (χ0v) is 17.2. The van der Waals surface area contributed by atoms with Crippen LogP contribution in [0.3, 0.4) is 0 Å². The lowest BCUT2D eigenvalue weighted by Gasteiger charge is -2.32. The highest BCUT2D eigenvalue weighted by molar-refractivity contribution is 8.00. The Morgan fingerprint density at radius 1 is 1.33 bits per heavy atom. The molecule has 6 nitrogen and oxygen atoms in total. The van der Waals surface area contributed by atoms with Crippen molar-refractivity contribution in [1.29, 1.82) is 0 Å². The average Bonchev–Trinajstić information content (AvgIpc) is 3.14. The summed E-state index contributed by atoms with van der Waals surface area (Å²) in [5, 5.41) is 8.06. The molecule has 1 aromatic heterocycles. The van der Waals surface area contributed by atoms with Gasteiger partial charge in [0.25, 0.3) is 0 Å². The molecule has 1 N–H and O–H groups in total. The number of ether oxygens (including phenoxy) is 1. The second kappa shape index (κ2) is 9.46. The number of benzene rings is 1. The summed E-state index contributed by atoms with van der Waals surface area (Å²) < 4.78 is 5.65. The van der Waals surface area contributed by atoms with Gasteiger partial charge >= 0.3 is 0 Å². The molecule has 1 unspecified atom stereocenters. The van der Waals surface area contributed by atoms with Gasteiger partial charge in [-0.2, -0.15) is 0 Å². The van der Waals surface area contributed by atoms with Crippen LogP contribution in [0.1, 0.15) is 44.9 Å². The number of hydrogen-bond donors (Lipinski definition) is 1. The van der Waals surface area contributed by atoms with Crippen molar-refractivity contribution in [2.24, 2.45) is 0 Å². The van der Waals surface area contributed by atoms with Gasteiger partial charge in [0.15, 0.2) is 5.82 Å². The lowest BCUT2D eigenvalue weighted by molar-refractivity contribution is -0.131. The predicted molar refractivity (Wildman–Crippen MR) is 107 cm³/mol. The van der Waals surface area contributed by atoms with Gasteiger partial charge in [-0.25, -0.2) is 4.98 Å². The van der Waals surface area contributed by atoms with E-state index in [4.69, 9.17) is 16.3 Å². The third kappa shape index (κ3) is 5.62. The maximum absolute atomic E-state index is 12.7. The Morgan fingerprint density at radius 3 is 2.74 bits per heavy atom. The van der Waals surface area contributed by atoms with Crippen molar-refractivity contribution < 1.29 is 9.53 Å². The van der Waals surface area contributed by atoms with Crippen LogP contribution >= 0.6 is 23.4 Å². The standard InChI is InChI=1S/C19H25ClN4O2S/c1-13(18(25)24(2)15-6-4-3-5-7-15)27-19-21-17(22-23-19)12-26-16-10-8-14(20)9-11-16/h8-11,13,15H,3-7,12H2,1-2H3,(H,21,22,23). The van der Waals surface area contributed by atoms with E-state index in [1.807, 2.05) is 18.9 Å². The first kappa shape index (κ1) is 20.0. The van der Waals surface area contributed by atoms with Crippen LogP contribution in [0.15, 0.2) is 29.4 Å². The van der Waals surface area contributed by atoms with E-state index >= 15 is 0 Å². The lowest BCUT2D eigenvalue weighted by Crippen LogP contribution is -2.42. The molecule has 3 rings (SSSR count). The van der Waals surface area contributed by atoms with Crippen LogP contribution in [-0.4, -0.2) is 44.3 Å². The first-order chi connectivity index (χ1) is 13.0. The number of hydrogen-bond acceptors (Lipinski definition) is 5. The van der Waals surface area contributed by atoms with Gasteiger partial charge in [-0.15, -0.1) is 5.10 Å². The number of aromatic amines is 1. The molecule has 0 aliphatic heterocycles. The molecule has 1 aromatic carbocycles. The monoisotopic (exact) mass is 408 g/mol. The molecule has 0 radical (unpaired) electrons. The minimum atomic E-state index is -0.224. The summed E-state index contributed by atoms with van der Waals surface area (Å²) in [5.74, 6) is 1.46. The molecule has 1 heterocycles. The zero-order chi connectivity index (χ0) is 19.2. The average molecular weight is 409 g/mol. The largest absolute Gasteiger partial charge is 0.486 e. The molecule has 1 fully saturated rings. The summed E-state index contributed by atoms with van der Waals surface area (Å²) in [5.41, 5.74) is 0. The van der Waals surface area contributed by atoms with Gasteiger partial charge in [-0.05, 0) is 44.0 Å². The number of H-pyrrole nitrogens is 1. The normalized spacial score (nSPS) is 16.1. The number of carbonyl (C=O) groups excluding carboxylic acids is 1. The molecule has 0 bridgehead atoms. The molecule has 1 aliphatic carbocycles. The Labute approximate surface area is 169 Å². The van der Waals surface area contributed by atoms with Crippen LogP contribution in [0.2, 0.25) is 5.02 Å². The van der Waals surface area contributed by atoms with Gasteiger partial charge in [-0.3, -0.25) is 9.89 Å². The Kier molecular flexibility index (Phi) is 7.01. The highest BCUT2D eigenvalue weighted by atomic mass is 35.5. The quantitative estimate of drug-likeness (QED) is 0.691. The van der Waals surface area contributed by atoms with Crippen molar-refractivity contribution in [2.75, 3.05) is 7.05 Å². The number of nitrogens with one attached hydrogen (secondary N) is 1. The second-order valence-corrected chi connectivity index (χ2v) is 8.55. The molecule has 1 saturated carbocycles. The van der Waals surface area contributed by atoms with Gasteiger partial charge in [-0.1, -0.05) is 42.6 Å². The molecule has 1 atom stereocenters. The fraction of sp³-hybridized carbons (Fsp3) is 0.526. The molecule has 8 heteroatoms. The smallest absolute Gasteiger partial charge is 0.235 e. The van der Waals surface area contributed by atoms with E-state index in [0.717, 1.165) is 12.8 Å². The minimum Gasteiger partial charge on any atom is -0.486 e. The number of carbonyl (C=O) groups is 1. The number of aromatic nitrogens is 3. The van der Waals surface area contributed by atoms with Gasteiger partial charge in [0.2, 0.25) is 11.1 Å².